The Morgan fingerprint density at radius 3 is 2.50 bits per heavy atom. The smallest absolute Gasteiger partial charge is 0.265 e. The molecule has 1 amide bonds. The van der Waals surface area contributed by atoms with Crippen molar-refractivity contribution in [3.8, 4) is 11.5 Å². The second-order valence-corrected chi connectivity index (χ2v) is 6.30. The number of aromatic nitrogens is 1. The third-order valence-corrected chi connectivity index (χ3v) is 4.64. The van der Waals surface area contributed by atoms with Gasteiger partial charge in [0.15, 0.2) is 6.61 Å². The summed E-state index contributed by atoms with van der Waals surface area (Å²) in [5, 5.41) is 0. The van der Waals surface area contributed by atoms with Gasteiger partial charge in [-0.1, -0.05) is 13.8 Å². The molecule has 0 aliphatic carbocycles. The minimum Gasteiger partial charge on any atom is -0.496 e. The lowest BCUT2D eigenvalue weighted by molar-refractivity contribution is -0.121. The molecule has 0 saturated heterocycles. The van der Waals surface area contributed by atoms with Crippen molar-refractivity contribution in [2.45, 2.75) is 34.2 Å². The van der Waals surface area contributed by atoms with Gasteiger partial charge in [0.1, 0.15) is 11.5 Å². The molecule has 2 aliphatic rings. The number of amides is 1. The van der Waals surface area contributed by atoms with Gasteiger partial charge in [0.05, 0.1) is 19.3 Å². The first-order valence-corrected chi connectivity index (χ1v) is 9.39. The second kappa shape index (κ2) is 8.25. The third kappa shape index (κ3) is 3.50. The maximum atomic E-state index is 12.5. The van der Waals surface area contributed by atoms with Crippen LogP contribution in [-0.4, -0.2) is 30.3 Å². The fourth-order valence-electron chi connectivity index (χ4n) is 3.40. The zero-order chi connectivity index (χ0) is 20.3. The van der Waals surface area contributed by atoms with E-state index in [0.717, 1.165) is 28.1 Å². The molecule has 0 unspecified atom stereocenters. The summed E-state index contributed by atoms with van der Waals surface area (Å²) in [5.74, 6) is 1.29. The number of methoxy groups -OCH3 is 1. The van der Waals surface area contributed by atoms with Gasteiger partial charge in [-0.25, -0.2) is 0 Å². The molecule has 0 radical (unpaired) electrons. The van der Waals surface area contributed by atoms with Crippen molar-refractivity contribution in [3.63, 3.8) is 0 Å². The number of allylic oxidation sites excluding steroid dienone is 2. The van der Waals surface area contributed by atoms with Crippen molar-refractivity contribution in [1.29, 1.82) is 0 Å². The van der Waals surface area contributed by atoms with E-state index in [1.165, 1.54) is 0 Å². The summed E-state index contributed by atoms with van der Waals surface area (Å²) >= 11 is 0. The lowest BCUT2D eigenvalue weighted by Gasteiger charge is -2.31. The Bertz CT molecular complexity index is 949. The normalized spacial score (nSPS) is 15.0. The average Bonchev–Trinajstić information content (AvgIpc) is 2.72. The fourth-order valence-corrected chi connectivity index (χ4v) is 3.40. The van der Waals surface area contributed by atoms with Crippen LogP contribution in [0.15, 0.2) is 47.3 Å². The van der Waals surface area contributed by atoms with E-state index in [2.05, 4.69) is 9.98 Å². The lowest BCUT2D eigenvalue weighted by Crippen LogP contribution is -2.38. The van der Waals surface area contributed by atoms with Crippen LogP contribution in [0.5, 0.6) is 11.5 Å². The monoisotopic (exact) mass is 379 g/mol. The predicted octanol–water partition coefficient (Wildman–Crippen LogP) is 4.25. The number of carbonyl (C=O) groups excluding carboxylic acids is 1. The molecule has 1 aromatic carbocycles. The summed E-state index contributed by atoms with van der Waals surface area (Å²) in [6.07, 6.45) is 3.44. The SMILES string of the molecule is CC.COc1cc2c(cc1C1=C(C)N=C1C)OCC(=O)N2Cc1ccncc1. The summed E-state index contributed by atoms with van der Waals surface area (Å²) in [5.41, 5.74) is 5.68. The third-order valence-electron chi connectivity index (χ3n) is 4.64. The standard InChI is InChI=1S/C20H19N3O3.C2H6/c1-12-20(13(2)22-12)15-8-18-16(9-17(15)25-3)23(19(24)11-26-18)10-14-4-6-21-7-5-14;1-2/h4-9H,10-11H2,1-3H3;1-2H3. The highest BCUT2D eigenvalue weighted by Crippen LogP contribution is 2.43. The van der Waals surface area contributed by atoms with Crippen molar-refractivity contribution in [2.75, 3.05) is 18.6 Å². The van der Waals surface area contributed by atoms with Crippen LogP contribution in [0.3, 0.4) is 0 Å². The van der Waals surface area contributed by atoms with Gasteiger partial charge in [0.25, 0.3) is 5.91 Å². The zero-order valence-electron chi connectivity index (χ0n) is 16.9. The first kappa shape index (κ1) is 19.6. The summed E-state index contributed by atoms with van der Waals surface area (Å²) in [7, 11) is 1.63. The summed E-state index contributed by atoms with van der Waals surface area (Å²) in [6, 6.07) is 7.61. The van der Waals surface area contributed by atoms with Gasteiger partial charge >= 0.3 is 0 Å². The van der Waals surface area contributed by atoms with Crippen molar-refractivity contribution < 1.29 is 14.3 Å². The zero-order valence-corrected chi connectivity index (χ0v) is 16.9. The van der Waals surface area contributed by atoms with Crippen molar-refractivity contribution in [3.05, 3.63) is 53.5 Å². The van der Waals surface area contributed by atoms with Gasteiger partial charge in [-0.05, 0) is 37.6 Å². The van der Waals surface area contributed by atoms with Gasteiger partial charge in [-0.15, -0.1) is 0 Å². The number of hydrogen-bond donors (Lipinski definition) is 0. The molecule has 0 saturated carbocycles. The molecule has 2 aliphatic heterocycles. The quantitative estimate of drug-likeness (QED) is 0.797. The number of ether oxygens (including phenoxy) is 2. The molecule has 0 fully saturated rings. The minimum absolute atomic E-state index is 0.0228. The molecule has 1 aromatic heterocycles. The van der Waals surface area contributed by atoms with E-state index in [9.17, 15) is 4.79 Å². The van der Waals surface area contributed by atoms with E-state index in [4.69, 9.17) is 9.47 Å². The molecular formula is C22H25N3O3. The number of carbonyl (C=O) groups is 1. The molecule has 146 valence electrons. The van der Waals surface area contributed by atoms with Crippen LogP contribution >= 0.6 is 0 Å². The minimum atomic E-state index is -0.0825. The molecule has 28 heavy (non-hydrogen) atoms. The van der Waals surface area contributed by atoms with E-state index in [-0.39, 0.29) is 12.5 Å². The van der Waals surface area contributed by atoms with E-state index in [0.29, 0.717) is 23.7 Å². The number of aliphatic imine (C=N–C) groups is 1. The average molecular weight is 379 g/mol. The number of nitrogens with zero attached hydrogens (tertiary/aromatic N) is 3. The van der Waals surface area contributed by atoms with E-state index in [1.54, 1.807) is 24.4 Å². The summed E-state index contributed by atoms with van der Waals surface area (Å²) in [6.45, 7) is 8.43. The molecule has 3 heterocycles. The Balaban J connectivity index is 0.00000109. The highest BCUT2D eigenvalue weighted by molar-refractivity contribution is 6.29. The van der Waals surface area contributed by atoms with Crippen LogP contribution in [0.4, 0.5) is 5.69 Å². The second-order valence-electron chi connectivity index (χ2n) is 6.30. The van der Waals surface area contributed by atoms with E-state index >= 15 is 0 Å². The molecule has 0 atom stereocenters. The highest BCUT2D eigenvalue weighted by Gasteiger charge is 2.30. The number of anilines is 1. The number of hydrogen-bond acceptors (Lipinski definition) is 5. The van der Waals surface area contributed by atoms with Gasteiger partial charge < -0.3 is 14.4 Å². The topological polar surface area (TPSA) is 64.0 Å². The molecule has 0 N–H and O–H groups in total. The summed E-state index contributed by atoms with van der Waals surface area (Å²) in [4.78, 5) is 22.6. The maximum Gasteiger partial charge on any atom is 0.265 e. The number of fused-ring (bicyclic) bond motifs is 1. The predicted molar refractivity (Wildman–Crippen MR) is 111 cm³/mol. The Hall–Kier alpha value is -3.15. The van der Waals surface area contributed by atoms with Gasteiger partial charge in [0.2, 0.25) is 0 Å². The van der Waals surface area contributed by atoms with E-state index in [1.807, 2.05) is 52.0 Å². The first-order chi connectivity index (χ1) is 13.6. The summed E-state index contributed by atoms with van der Waals surface area (Å²) < 4.78 is 11.3. The number of rotatable bonds is 4. The van der Waals surface area contributed by atoms with Crippen molar-refractivity contribution in [1.82, 2.24) is 4.98 Å². The Morgan fingerprint density at radius 2 is 1.89 bits per heavy atom. The molecule has 2 aromatic rings. The van der Waals surface area contributed by atoms with Crippen LogP contribution in [-0.2, 0) is 11.3 Å². The van der Waals surface area contributed by atoms with Gasteiger partial charge in [-0.3, -0.25) is 14.8 Å². The Morgan fingerprint density at radius 1 is 1.18 bits per heavy atom. The van der Waals surface area contributed by atoms with E-state index < -0.39 is 0 Å². The number of pyridine rings is 1. The molecule has 0 bridgehead atoms. The van der Waals surface area contributed by atoms with Gasteiger partial charge in [-0.2, -0.15) is 0 Å². The highest BCUT2D eigenvalue weighted by atomic mass is 16.5. The molecule has 6 nitrogen and oxygen atoms in total. The molecule has 0 spiro atoms. The van der Waals surface area contributed by atoms with Crippen LogP contribution in [0.25, 0.3) is 5.57 Å². The van der Waals surface area contributed by atoms with Crippen LogP contribution in [0.1, 0.15) is 38.8 Å². The van der Waals surface area contributed by atoms with Crippen LogP contribution in [0, 0.1) is 0 Å². The molecular weight excluding hydrogens is 354 g/mol. The molecule has 6 heteroatoms. The van der Waals surface area contributed by atoms with Crippen LogP contribution < -0.4 is 14.4 Å². The molecule has 4 rings (SSSR count). The Kier molecular flexibility index (Phi) is 5.78. The Labute approximate surface area is 165 Å². The first-order valence-electron chi connectivity index (χ1n) is 9.39. The van der Waals surface area contributed by atoms with Crippen molar-refractivity contribution in [2.24, 2.45) is 4.99 Å². The fraction of sp³-hybridized carbons (Fsp3) is 0.318. The van der Waals surface area contributed by atoms with Crippen LogP contribution in [0.2, 0.25) is 0 Å². The maximum absolute atomic E-state index is 12.5. The van der Waals surface area contributed by atoms with Gasteiger partial charge in [0, 0.05) is 41.0 Å². The number of benzene rings is 1. The van der Waals surface area contributed by atoms with Crippen molar-refractivity contribution >= 4 is 22.9 Å². The lowest BCUT2D eigenvalue weighted by atomic mass is 9.94. The largest absolute Gasteiger partial charge is 0.496 e.